The normalized spacial score (nSPS) is 10.5. The maximum atomic E-state index is 3.15. The van der Waals surface area contributed by atoms with Gasteiger partial charge in [0, 0.05) is 25.0 Å². The summed E-state index contributed by atoms with van der Waals surface area (Å²) in [4.78, 5) is 0. The van der Waals surface area contributed by atoms with Gasteiger partial charge in [-0.3, -0.25) is 0 Å². The van der Waals surface area contributed by atoms with Crippen molar-refractivity contribution >= 4 is 16.7 Å². The number of hydrogen-bond donors (Lipinski definition) is 1. The summed E-state index contributed by atoms with van der Waals surface area (Å²) in [6.45, 7) is 0. The molecule has 12 heavy (non-hydrogen) atoms. The van der Waals surface area contributed by atoms with Crippen molar-refractivity contribution < 1.29 is 0 Å². The number of rotatable bonds is 1. The summed E-state index contributed by atoms with van der Waals surface area (Å²) in [7, 11) is 4.00. The average molecular weight is 160 g/mol. The highest BCUT2D eigenvalue weighted by Crippen LogP contribution is 2.20. The second kappa shape index (κ2) is 2.55. The summed E-state index contributed by atoms with van der Waals surface area (Å²) in [5.74, 6) is 1.15. The fraction of sp³-hybridized carbons (Fsp3) is 0.200. The van der Waals surface area contributed by atoms with E-state index in [1.54, 1.807) is 0 Å². The molecule has 0 atom stereocenters. The minimum atomic E-state index is 1.15. The SMILES string of the molecule is CNc1cc2ccccc2n1C. The molecular weight excluding hydrogens is 148 g/mol. The summed E-state index contributed by atoms with van der Waals surface area (Å²) in [6, 6.07) is 10.5. The largest absolute Gasteiger partial charge is 0.375 e. The first-order valence-electron chi connectivity index (χ1n) is 4.05. The molecule has 0 unspecified atom stereocenters. The van der Waals surface area contributed by atoms with E-state index in [4.69, 9.17) is 0 Å². The molecule has 0 aliphatic carbocycles. The minimum Gasteiger partial charge on any atom is -0.375 e. The Hall–Kier alpha value is -1.44. The third kappa shape index (κ3) is 0.881. The fourth-order valence-corrected chi connectivity index (χ4v) is 1.53. The van der Waals surface area contributed by atoms with Gasteiger partial charge in [0.25, 0.3) is 0 Å². The maximum absolute atomic E-state index is 3.15. The number of aromatic nitrogens is 1. The first-order chi connectivity index (χ1) is 5.83. The van der Waals surface area contributed by atoms with Gasteiger partial charge in [-0.25, -0.2) is 0 Å². The molecule has 0 saturated heterocycles. The summed E-state index contributed by atoms with van der Waals surface area (Å²) in [5.41, 5.74) is 1.27. The smallest absolute Gasteiger partial charge is 0.106 e. The number of benzene rings is 1. The van der Waals surface area contributed by atoms with Gasteiger partial charge < -0.3 is 9.88 Å². The Morgan fingerprint density at radius 2 is 2.00 bits per heavy atom. The second-order valence-corrected chi connectivity index (χ2v) is 2.90. The second-order valence-electron chi connectivity index (χ2n) is 2.90. The van der Waals surface area contributed by atoms with E-state index >= 15 is 0 Å². The summed E-state index contributed by atoms with van der Waals surface area (Å²) >= 11 is 0. The molecule has 1 heterocycles. The molecule has 1 aromatic heterocycles. The molecule has 2 heteroatoms. The van der Waals surface area contributed by atoms with Gasteiger partial charge in [0.05, 0.1) is 0 Å². The van der Waals surface area contributed by atoms with Crippen molar-refractivity contribution in [1.82, 2.24) is 4.57 Å². The Bertz CT molecular complexity index is 401. The molecular formula is C10H12N2. The zero-order chi connectivity index (χ0) is 8.55. The van der Waals surface area contributed by atoms with Crippen LogP contribution in [0, 0.1) is 0 Å². The van der Waals surface area contributed by atoms with Crippen LogP contribution in [0.15, 0.2) is 30.3 Å². The highest BCUT2D eigenvalue weighted by Gasteiger charge is 2.01. The Balaban J connectivity index is 2.78. The molecule has 2 rings (SSSR count). The molecule has 0 fully saturated rings. The van der Waals surface area contributed by atoms with Crippen molar-refractivity contribution in [3.63, 3.8) is 0 Å². The van der Waals surface area contributed by atoms with Crippen LogP contribution in [0.4, 0.5) is 5.82 Å². The van der Waals surface area contributed by atoms with Gasteiger partial charge >= 0.3 is 0 Å². The molecule has 62 valence electrons. The van der Waals surface area contributed by atoms with Crippen molar-refractivity contribution in [1.29, 1.82) is 0 Å². The Morgan fingerprint density at radius 1 is 1.25 bits per heavy atom. The number of hydrogen-bond acceptors (Lipinski definition) is 1. The maximum Gasteiger partial charge on any atom is 0.106 e. The first kappa shape index (κ1) is 7.22. The number of anilines is 1. The number of fused-ring (bicyclic) bond motifs is 1. The van der Waals surface area contributed by atoms with E-state index in [9.17, 15) is 0 Å². The van der Waals surface area contributed by atoms with Crippen LogP contribution in [0.5, 0.6) is 0 Å². The van der Waals surface area contributed by atoms with E-state index in [0.29, 0.717) is 0 Å². The summed E-state index contributed by atoms with van der Waals surface area (Å²) < 4.78 is 2.15. The fourth-order valence-electron chi connectivity index (χ4n) is 1.53. The predicted molar refractivity (Wildman–Crippen MR) is 52.5 cm³/mol. The number of nitrogens with one attached hydrogen (secondary N) is 1. The average Bonchev–Trinajstić information content (AvgIpc) is 2.44. The van der Waals surface area contributed by atoms with Gasteiger partial charge in [0.2, 0.25) is 0 Å². The zero-order valence-corrected chi connectivity index (χ0v) is 7.33. The molecule has 0 amide bonds. The predicted octanol–water partition coefficient (Wildman–Crippen LogP) is 2.22. The third-order valence-electron chi connectivity index (χ3n) is 2.21. The van der Waals surface area contributed by atoms with Crippen LogP contribution in [0.3, 0.4) is 0 Å². The van der Waals surface area contributed by atoms with Crippen LogP contribution in [-0.4, -0.2) is 11.6 Å². The number of nitrogens with zero attached hydrogens (tertiary/aromatic N) is 1. The minimum absolute atomic E-state index is 1.15. The standard InChI is InChI=1S/C10H12N2/c1-11-10-7-8-5-3-4-6-9(8)12(10)2/h3-7,11H,1-2H3. The number of aryl methyl sites for hydroxylation is 1. The lowest BCUT2D eigenvalue weighted by Crippen LogP contribution is -1.95. The topological polar surface area (TPSA) is 17.0 Å². The van der Waals surface area contributed by atoms with E-state index in [-0.39, 0.29) is 0 Å². The first-order valence-corrected chi connectivity index (χ1v) is 4.05. The number of para-hydroxylation sites is 1. The molecule has 1 N–H and O–H groups in total. The van der Waals surface area contributed by atoms with Gasteiger partial charge in [0.15, 0.2) is 0 Å². The van der Waals surface area contributed by atoms with Crippen molar-refractivity contribution in [3.8, 4) is 0 Å². The Kier molecular flexibility index (Phi) is 1.54. The third-order valence-corrected chi connectivity index (χ3v) is 2.21. The van der Waals surface area contributed by atoms with Gasteiger partial charge in [0.1, 0.15) is 5.82 Å². The molecule has 0 saturated carbocycles. The van der Waals surface area contributed by atoms with Crippen molar-refractivity contribution in [2.45, 2.75) is 0 Å². The molecule has 2 nitrogen and oxygen atoms in total. The summed E-state index contributed by atoms with van der Waals surface area (Å²) in [6.07, 6.45) is 0. The molecule has 2 aromatic rings. The highest BCUT2D eigenvalue weighted by atomic mass is 15.1. The van der Waals surface area contributed by atoms with E-state index < -0.39 is 0 Å². The van der Waals surface area contributed by atoms with Crippen molar-refractivity contribution in [3.05, 3.63) is 30.3 Å². The van der Waals surface area contributed by atoms with Crippen molar-refractivity contribution in [2.75, 3.05) is 12.4 Å². The molecule has 0 spiro atoms. The van der Waals surface area contributed by atoms with Crippen LogP contribution >= 0.6 is 0 Å². The molecule has 0 bridgehead atoms. The van der Waals surface area contributed by atoms with Gasteiger partial charge in [-0.15, -0.1) is 0 Å². The molecule has 0 aliphatic rings. The van der Waals surface area contributed by atoms with Crippen molar-refractivity contribution in [2.24, 2.45) is 7.05 Å². The highest BCUT2D eigenvalue weighted by molar-refractivity contribution is 5.84. The monoisotopic (exact) mass is 160 g/mol. The molecule has 0 radical (unpaired) electrons. The quantitative estimate of drug-likeness (QED) is 0.676. The Labute approximate surface area is 71.8 Å². The Morgan fingerprint density at radius 3 is 2.67 bits per heavy atom. The van der Waals surface area contributed by atoms with Crippen LogP contribution in [-0.2, 0) is 7.05 Å². The zero-order valence-electron chi connectivity index (χ0n) is 7.33. The lowest BCUT2D eigenvalue weighted by atomic mass is 10.2. The van der Waals surface area contributed by atoms with Crippen LogP contribution in [0.25, 0.3) is 10.9 Å². The van der Waals surface area contributed by atoms with E-state index in [0.717, 1.165) is 5.82 Å². The van der Waals surface area contributed by atoms with E-state index in [1.807, 2.05) is 7.05 Å². The van der Waals surface area contributed by atoms with Crippen LogP contribution < -0.4 is 5.32 Å². The lowest BCUT2D eigenvalue weighted by Gasteiger charge is -2.01. The summed E-state index contributed by atoms with van der Waals surface area (Å²) in [5, 5.41) is 4.43. The van der Waals surface area contributed by atoms with E-state index in [1.165, 1.54) is 10.9 Å². The van der Waals surface area contributed by atoms with Gasteiger partial charge in [-0.2, -0.15) is 0 Å². The molecule has 1 aromatic carbocycles. The van der Waals surface area contributed by atoms with Crippen LogP contribution in [0.2, 0.25) is 0 Å². The van der Waals surface area contributed by atoms with Gasteiger partial charge in [-0.1, -0.05) is 18.2 Å². The lowest BCUT2D eigenvalue weighted by molar-refractivity contribution is 0.972. The van der Waals surface area contributed by atoms with Crippen LogP contribution in [0.1, 0.15) is 0 Å². The molecule has 0 aliphatic heterocycles. The van der Waals surface area contributed by atoms with E-state index in [2.05, 4.69) is 47.3 Å². The van der Waals surface area contributed by atoms with Gasteiger partial charge in [-0.05, 0) is 12.1 Å².